The third kappa shape index (κ3) is 3.28. The molecule has 2 bridgehead atoms. The van der Waals surface area contributed by atoms with Gasteiger partial charge in [-0.2, -0.15) is 0 Å². The van der Waals surface area contributed by atoms with Gasteiger partial charge in [0, 0.05) is 24.0 Å². The summed E-state index contributed by atoms with van der Waals surface area (Å²) in [5.74, 6) is 0.867. The molecule has 2 saturated heterocycles. The van der Waals surface area contributed by atoms with Crippen LogP contribution in [0.5, 0.6) is 0 Å². The second kappa shape index (κ2) is 6.62. The van der Waals surface area contributed by atoms with E-state index in [9.17, 15) is 4.79 Å². The monoisotopic (exact) mass is 356 g/mol. The number of fused-ring (bicyclic) bond motifs is 3. The molecule has 132 valence electrons. The first-order valence-corrected chi connectivity index (χ1v) is 9.31. The molecule has 3 nitrogen and oxygen atoms in total. The number of rotatable bonds is 3. The number of hydrogen-bond donors (Lipinski definition) is 2. The molecule has 5 rings (SSSR count). The fraction of sp³-hybridized carbons (Fsp3) is 0.476. The van der Waals surface area contributed by atoms with Crippen molar-refractivity contribution in [2.45, 2.75) is 56.1 Å². The number of benzene rings is 2. The van der Waals surface area contributed by atoms with E-state index in [-0.39, 0.29) is 24.2 Å². The highest BCUT2D eigenvalue weighted by Crippen LogP contribution is 2.48. The van der Waals surface area contributed by atoms with Gasteiger partial charge < -0.3 is 10.6 Å². The number of carbonyl (C=O) groups excluding carboxylic acids is 1. The van der Waals surface area contributed by atoms with Crippen LogP contribution in [0.2, 0.25) is 0 Å². The minimum absolute atomic E-state index is 0. The van der Waals surface area contributed by atoms with Crippen LogP contribution in [0.25, 0.3) is 10.8 Å². The van der Waals surface area contributed by atoms with E-state index >= 15 is 0 Å². The maximum Gasteiger partial charge on any atom is 0.223 e. The average Bonchev–Trinajstić information content (AvgIpc) is 3.34. The van der Waals surface area contributed by atoms with Crippen molar-refractivity contribution >= 4 is 29.1 Å². The zero-order chi connectivity index (χ0) is 16.1. The van der Waals surface area contributed by atoms with Crippen LogP contribution < -0.4 is 10.6 Å². The standard InChI is InChI=1S/C21H24N2O.ClH/c24-21(23-18-10-16-7-8-17(11-18)22-16)20-12-19(20)15-6-5-13-3-1-2-4-14(13)9-15;/h1-6,9,16-20,22H,7-8,10-12H2,(H,23,24);1H. The second-order valence-corrected chi connectivity index (χ2v) is 7.87. The summed E-state index contributed by atoms with van der Waals surface area (Å²) < 4.78 is 0. The molecule has 2 aromatic rings. The van der Waals surface area contributed by atoms with E-state index in [1.807, 2.05) is 0 Å². The Balaban J connectivity index is 0.00000157. The number of carbonyl (C=O) groups is 1. The van der Waals surface area contributed by atoms with E-state index in [1.165, 1.54) is 29.2 Å². The normalized spacial score (nSPS) is 32.9. The highest BCUT2D eigenvalue weighted by molar-refractivity contribution is 5.86. The van der Waals surface area contributed by atoms with Gasteiger partial charge in [0.15, 0.2) is 0 Å². The Kier molecular flexibility index (Phi) is 4.47. The van der Waals surface area contributed by atoms with E-state index in [0.717, 1.165) is 19.3 Å². The van der Waals surface area contributed by atoms with E-state index in [0.29, 0.717) is 24.0 Å². The largest absolute Gasteiger partial charge is 0.353 e. The van der Waals surface area contributed by atoms with E-state index < -0.39 is 0 Å². The highest BCUT2D eigenvalue weighted by Gasteiger charge is 2.45. The van der Waals surface area contributed by atoms with Crippen molar-refractivity contribution in [1.29, 1.82) is 0 Å². The molecule has 0 spiro atoms. The molecular formula is C21H25ClN2O. The van der Waals surface area contributed by atoms with Gasteiger partial charge in [0.05, 0.1) is 0 Å². The summed E-state index contributed by atoms with van der Waals surface area (Å²) >= 11 is 0. The van der Waals surface area contributed by atoms with Gasteiger partial charge >= 0.3 is 0 Å². The SMILES string of the molecule is Cl.O=C(NC1CC2CCC(C1)N2)C1CC1c1ccc2ccccc2c1. The van der Waals surface area contributed by atoms with Crippen LogP contribution >= 0.6 is 12.4 Å². The zero-order valence-corrected chi connectivity index (χ0v) is 15.1. The molecule has 1 aliphatic carbocycles. The maximum atomic E-state index is 12.6. The highest BCUT2D eigenvalue weighted by atomic mass is 35.5. The number of amides is 1. The molecule has 0 aromatic heterocycles. The summed E-state index contributed by atoms with van der Waals surface area (Å²) in [5, 5.41) is 9.52. The van der Waals surface area contributed by atoms with Gasteiger partial charge in [-0.25, -0.2) is 0 Å². The van der Waals surface area contributed by atoms with E-state index in [2.05, 4.69) is 53.1 Å². The third-order valence-corrected chi connectivity index (χ3v) is 6.15. The number of hydrogen-bond acceptors (Lipinski definition) is 2. The molecule has 2 N–H and O–H groups in total. The minimum atomic E-state index is 0. The molecule has 0 radical (unpaired) electrons. The first-order valence-electron chi connectivity index (χ1n) is 9.31. The first-order chi connectivity index (χ1) is 11.8. The van der Waals surface area contributed by atoms with Gasteiger partial charge in [0.25, 0.3) is 0 Å². The van der Waals surface area contributed by atoms with Gasteiger partial charge in [-0.05, 0) is 54.4 Å². The zero-order valence-electron chi connectivity index (χ0n) is 14.3. The molecule has 1 amide bonds. The van der Waals surface area contributed by atoms with Crippen molar-refractivity contribution in [3.63, 3.8) is 0 Å². The van der Waals surface area contributed by atoms with Crippen molar-refractivity contribution in [2.75, 3.05) is 0 Å². The minimum Gasteiger partial charge on any atom is -0.353 e. The maximum absolute atomic E-state index is 12.6. The van der Waals surface area contributed by atoms with Gasteiger partial charge in [0.1, 0.15) is 0 Å². The number of nitrogens with one attached hydrogen (secondary N) is 2. The lowest BCUT2D eigenvalue weighted by atomic mass is 9.99. The number of piperidine rings is 1. The van der Waals surface area contributed by atoms with Crippen molar-refractivity contribution in [3.05, 3.63) is 48.0 Å². The van der Waals surface area contributed by atoms with Crippen molar-refractivity contribution in [3.8, 4) is 0 Å². The Labute approximate surface area is 155 Å². The quantitative estimate of drug-likeness (QED) is 0.879. The average molecular weight is 357 g/mol. The topological polar surface area (TPSA) is 41.1 Å². The van der Waals surface area contributed by atoms with Crippen LogP contribution in [-0.4, -0.2) is 24.0 Å². The molecule has 4 unspecified atom stereocenters. The molecular weight excluding hydrogens is 332 g/mol. The molecule has 2 aliphatic heterocycles. The van der Waals surface area contributed by atoms with E-state index in [1.54, 1.807) is 0 Å². The van der Waals surface area contributed by atoms with E-state index in [4.69, 9.17) is 0 Å². The van der Waals surface area contributed by atoms with Crippen LogP contribution in [-0.2, 0) is 4.79 Å². The summed E-state index contributed by atoms with van der Waals surface area (Å²) in [6.07, 6.45) is 5.77. The Hall–Kier alpha value is -1.58. The van der Waals surface area contributed by atoms with Crippen LogP contribution in [0.3, 0.4) is 0 Å². The lowest BCUT2D eigenvalue weighted by Gasteiger charge is -2.29. The molecule has 2 aromatic carbocycles. The molecule has 25 heavy (non-hydrogen) atoms. The summed E-state index contributed by atoms with van der Waals surface area (Å²) in [5.41, 5.74) is 1.32. The molecule has 1 saturated carbocycles. The van der Waals surface area contributed by atoms with Crippen LogP contribution in [0.4, 0.5) is 0 Å². The Morgan fingerprint density at radius 1 is 0.960 bits per heavy atom. The Morgan fingerprint density at radius 2 is 1.68 bits per heavy atom. The summed E-state index contributed by atoms with van der Waals surface area (Å²) in [6, 6.07) is 16.7. The Bertz CT molecular complexity index is 780. The molecule has 4 heteroatoms. The lowest BCUT2D eigenvalue weighted by molar-refractivity contribution is -0.123. The summed E-state index contributed by atoms with van der Waals surface area (Å²) in [6.45, 7) is 0. The van der Waals surface area contributed by atoms with Gasteiger partial charge in [-0.1, -0.05) is 42.5 Å². The fourth-order valence-corrected chi connectivity index (χ4v) is 4.77. The molecule has 4 atom stereocenters. The van der Waals surface area contributed by atoms with Crippen LogP contribution in [0, 0.1) is 5.92 Å². The lowest BCUT2D eigenvalue weighted by Crippen LogP contribution is -2.48. The third-order valence-electron chi connectivity index (χ3n) is 6.15. The predicted octanol–water partition coefficient (Wildman–Crippen LogP) is 3.76. The summed E-state index contributed by atoms with van der Waals surface area (Å²) in [4.78, 5) is 12.6. The van der Waals surface area contributed by atoms with Gasteiger partial charge in [-0.15, -0.1) is 12.4 Å². The summed E-state index contributed by atoms with van der Waals surface area (Å²) in [7, 11) is 0. The number of halogens is 1. The Morgan fingerprint density at radius 3 is 2.44 bits per heavy atom. The fourth-order valence-electron chi connectivity index (χ4n) is 4.77. The first kappa shape index (κ1) is 16.9. The van der Waals surface area contributed by atoms with Crippen molar-refractivity contribution < 1.29 is 4.79 Å². The molecule has 2 heterocycles. The van der Waals surface area contributed by atoms with Crippen molar-refractivity contribution in [1.82, 2.24) is 10.6 Å². The smallest absolute Gasteiger partial charge is 0.223 e. The predicted molar refractivity (Wildman–Crippen MR) is 103 cm³/mol. The van der Waals surface area contributed by atoms with Crippen LogP contribution in [0.1, 0.15) is 43.6 Å². The van der Waals surface area contributed by atoms with Gasteiger partial charge in [0.2, 0.25) is 5.91 Å². The molecule has 3 fully saturated rings. The van der Waals surface area contributed by atoms with Crippen molar-refractivity contribution in [2.24, 2.45) is 5.92 Å². The van der Waals surface area contributed by atoms with Crippen LogP contribution in [0.15, 0.2) is 42.5 Å². The van der Waals surface area contributed by atoms with Gasteiger partial charge in [-0.3, -0.25) is 4.79 Å². The second-order valence-electron chi connectivity index (χ2n) is 7.87. The molecule has 3 aliphatic rings.